The van der Waals surface area contributed by atoms with E-state index in [-0.39, 0.29) is 12.5 Å². The van der Waals surface area contributed by atoms with Crippen molar-refractivity contribution in [3.8, 4) is 0 Å². The highest BCUT2D eigenvalue weighted by atomic mass is 32.1. The Morgan fingerprint density at radius 1 is 1.50 bits per heavy atom. The third-order valence-corrected chi connectivity index (χ3v) is 5.30. The van der Waals surface area contributed by atoms with Crippen molar-refractivity contribution < 1.29 is 19.1 Å². The molecule has 24 heavy (non-hydrogen) atoms. The van der Waals surface area contributed by atoms with Gasteiger partial charge in [-0.25, -0.2) is 4.98 Å². The summed E-state index contributed by atoms with van der Waals surface area (Å²) in [5.41, 5.74) is 0. The molecule has 1 aromatic rings. The fraction of sp³-hybridized carbons (Fsp3) is 0.706. The summed E-state index contributed by atoms with van der Waals surface area (Å²) in [6.07, 6.45) is 6.07. The molecule has 0 bridgehead atoms. The number of rotatable bonds is 8. The lowest BCUT2D eigenvalue weighted by Crippen LogP contribution is -2.36. The number of ether oxygens (including phenoxy) is 2. The van der Waals surface area contributed by atoms with Crippen molar-refractivity contribution in [2.24, 2.45) is 5.92 Å². The Morgan fingerprint density at radius 2 is 2.33 bits per heavy atom. The molecule has 0 aliphatic carbocycles. The van der Waals surface area contributed by atoms with Crippen molar-refractivity contribution in [2.45, 2.75) is 45.6 Å². The second-order valence-electron chi connectivity index (χ2n) is 6.02. The van der Waals surface area contributed by atoms with E-state index in [1.165, 1.54) is 7.11 Å². The molecule has 1 aliphatic rings. The van der Waals surface area contributed by atoms with Crippen LogP contribution < -0.4 is 0 Å². The first-order valence-electron chi connectivity index (χ1n) is 8.48. The van der Waals surface area contributed by atoms with Gasteiger partial charge in [0.1, 0.15) is 6.54 Å². The van der Waals surface area contributed by atoms with Gasteiger partial charge in [-0.15, -0.1) is 11.3 Å². The number of thiazole rings is 1. The molecule has 2 rings (SSSR count). The monoisotopic (exact) mass is 354 g/mol. The minimum absolute atomic E-state index is 0.0163. The summed E-state index contributed by atoms with van der Waals surface area (Å²) >= 11 is 1.58. The molecule has 0 saturated carbocycles. The number of hydrogen-bond acceptors (Lipinski definition) is 6. The molecule has 1 fully saturated rings. The van der Waals surface area contributed by atoms with Gasteiger partial charge in [0, 0.05) is 30.7 Å². The van der Waals surface area contributed by atoms with Crippen LogP contribution in [0.25, 0.3) is 0 Å². The topological polar surface area (TPSA) is 68.7 Å². The van der Waals surface area contributed by atoms with Crippen molar-refractivity contribution in [3.63, 3.8) is 0 Å². The third kappa shape index (κ3) is 5.87. The molecule has 0 spiro atoms. The van der Waals surface area contributed by atoms with Gasteiger partial charge >= 0.3 is 5.97 Å². The molecule has 0 unspecified atom stereocenters. The number of amides is 1. The zero-order valence-electron chi connectivity index (χ0n) is 14.5. The second-order valence-corrected chi connectivity index (χ2v) is 7.22. The number of aryl methyl sites for hydroxylation is 1. The Bertz CT molecular complexity index is 540. The molecule has 6 nitrogen and oxygen atoms in total. The van der Waals surface area contributed by atoms with Gasteiger partial charge in [-0.1, -0.05) is 6.92 Å². The highest BCUT2D eigenvalue weighted by Crippen LogP contribution is 2.21. The van der Waals surface area contributed by atoms with Crippen LogP contribution in [0.2, 0.25) is 0 Å². The Kier molecular flexibility index (Phi) is 7.65. The van der Waals surface area contributed by atoms with E-state index in [1.807, 2.05) is 6.92 Å². The maximum Gasteiger partial charge on any atom is 0.325 e. The van der Waals surface area contributed by atoms with E-state index in [4.69, 9.17) is 9.47 Å². The lowest BCUT2D eigenvalue weighted by molar-refractivity contribution is -0.147. The van der Waals surface area contributed by atoms with Gasteiger partial charge in [0.2, 0.25) is 5.91 Å². The summed E-state index contributed by atoms with van der Waals surface area (Å²) in [6.45, 7) is 4.00. The van der Waals surface area contributed by atoms with Crippen LogP contribution in [0, 0.1) is 5.92 Å². The Morgan fingerprint density at radius 3 is 2.96 bits per heavy atom. The molecule has 2 heterocycles. The quantitative estimate of drug-likeness (QED) is 0.671. The Hall–Kier alpha value is -1.47. The van der Waals surface area contributed by atoms with E-state index in [0.29, 0.717) is 18.9 Å². The van der Waals surface area contributed by atoms with Crippen LogP contribution in [0.15, 0.2) is 6.20 Å². The zero-order chi connectivity index (χ0) is 17.4. The number of esters is 1. The van der Waals surface area contributed by atoms with Gasteiger partial charge in [0.15, 0.2) is 0 Å². The summed E-state index contributed by atoms with van der Waals surface area (Å²) in [4.78, 5) is 31.1. The van der Waals surface area contributed by atoms with Crippen LogP contribution in [0.5, 0.6) is 0 Å². The summed E-state index contributed by atoms with van der Waals surface area (Å²) in [5, 5.41) is 1.04. The highest BCUT2D eigenvalue weighted by molar-refractivity contribution is 7.11. The van der Waals surface area contributed by atoms with Crippen molar-refractivity contribution in [1.82, 2.24) is 9.88 Å². The van der Waals surface area contributed by atoms with E-state index in [0.717, 1.165) is 48.8 Å². The molecular formula is C17H26N2O4S. The zero-order valence-corrected chi connectivity index (χ0v) is 15.3. The first-order valence-corrected chi connectivity index (χ1v) is 9.30. The van der Waals surface area contributed by atoms with Gasteiger partial charge in [0.05, 0.1) is 18.7 Å². The molecule has 1 saturated heterocycles. The van der Waals surface area contributed by atoms with E-state index < -0.39 is 5.97 Å². The van der Waals surface area contributed by atoms with E-state index in [1.54, 1.807) is 22.4 Å². The lowest BCUT2D eigenvalue weighted by Gasteiger charge is -2.24. The van der Waals surface area contributed by atoms with Crippen LogP contribution in [-0.4, -0.2) is 48.6 Å². The van der Waals surface area contributed by atoms with Gasteiger partial charge in [0.25, 0.3) is 0 Å². The molecule has 7 heteroatoms. The number of aromatic nitrogens is 1. The molecule has 1 atom stereocenters. The van der Waals surface area contributed by atoms with Crippen molar-refractivity contribution >= 4 is 23.2 Å². The van der Waals surface area contributed by atoms with Gasteiger partial charge < -0.3 is 14.4 Å². The normalized spacial score (nSPS) is 17.5. The Labute approximate surface area is 147 Å². The largest absolute Gasteiger partial charge is 0.468 e. The van der Waals surface area contributed by atoms with Crippen LogP contribution in [0.4, 0.5) is 0 Å². The van der Waals surface area contributed by atoms with E-state index in [2.05, 4.69) is 4.98 Å². The van der Waals surface area contributed by atoms with Gasteiger partial charge in [-0.3, -0.25) is 9.59 Å². The standard InChI is InChI=1S/C17H26N2O4S/c1-3-15-18-9-14(24-15)10-19(11-17(21)22-2)16(20)7-6-13-5-4-8-23-12-13/h9,13H,3-8,10-12H2,1-2H3/t13-/m1/s1. The fourth-order valence-corrected chi connectivity index (χ4v) is 3.62. The highest BCUT2D eigenvalue weighted by Gasteiger charge is 2.21. The van der Waals surface area contributed by atoms with Crippen LogP contribution in [0.1, 0.15) is 42.5 Å². The van der Waals surface area contributed by atoms with E-state index in [9.17, 15) is 9.59 Å². The summed E-state index contributed by atoms with van der Waals surface area (Å²) in [6, 6.07) is 0. The minimum atomic E-state index is -0.399. The molecule has 0 radical (unpaired) electrons. The average Bonchev–Trinajstić information content (AvgIpc) is 3.07. The maximum atomic E-state index is 12.6. The maximum absolute atomic E-state index is 12.6. The molecule has 134 valence electrons. The van der Waals surface area contributed by atoms with Crippen molar-refractivity contribution in [2.75, 3.05) is 26.9 Å². The second kappa shape index (κ2) is 9.74. The van der Waals surface area contributed by atoms with Gasteiger partial charge in [-0.05, 0) is 31.6 Å². The summed E-state index contributed by atoms with van der Waals surface area (Å²) < 4.78 is 10.2. The molecular weight excluding hydrogens is 328 g/mol. The average molecular weight is 354 g/mol. The smallest absolute Gasteiger partial charge is 0.325 e. The minimum Gasteiger partial charge on any atom is -0.468 e. The molecule has 1 aliphatic heterocycles. The number of nitrogens with zero attached hydrogens (tertiary/aromatic N) is 2. The summed E-state index contributed by atoms with van der Waals surface area (Å²) in [7, 11) is 1.34. The van der Waals surface area contributed by atoms with Crippen LogP contribution in [0.3, 0.4) is 0 Å². The first-order chi connectivity index (χ1) is 11.6. The number of methoxy groups -OCH3 is 1. The summed E-state index contributed by atoms with van der Waals surface area (Å²) in [5.74, 6) is 0.0276. The predicted molar refractivity (Wildman–Crippen MR) is 91.7 cm³/mol. The Balaban J connectivity index is 1.92. The van der Waals surface area contributed by atoms with Gasteiger partial charge in [-0.2, -0.15) is 0 Å². The number of carbonyl (C=O) groups is 2. The van der Waals surface area contributed by atoms with E-state index >= 15 is 0 Å². The molecule has 0 N–H and O–H groups in total. The van der Waals surface area contributed by atoms with Crippen LogP contribution in [-0.2, 0) is 32.0 Å². The van der Waals surface area contributed by atoms with Crippen molar-refractivity contribution in [1.29, 1.82) is 0 Å². The lowest BCUT2D eigenvalue weighted by atomic mass is 9.96. The predicted octanol–water partition coefficient (Wildman–Crippen LogP) is 2.41. The fourth-order valence-electron chi connectivity index (χ4n) is 2.75. The third-order valence-electron chi connectivity index (χ3n) is 4.17. The number of carbonyl (C=O) groups excluding carboxylic acids is 2. The molecule has 0 aromatic carbocycles. The van der Waals surface area contributed by atoms with Crippen molar-refractivity contribution in [3.05, 3.63) is 16.1 Å². The molecule has 1 aromatic heterocycles. The number of hydrogen-bond donors (Lipinski definition) is 0. The molecule has 1 amide bonds. The van der Waals surface area contributed by atoms with Crippen LogP contribution >= 0.6 is 11.3 Å². The SMILES string of the molecule is CCc1ncc(CN(CC(=O)OC)C(=O)CC[C@H]2CCCOC2)s1. The first kappa shape index (κ1) is 18.9.